The average Bonchev–Trinajstić information content (AvgIpc) is 3.10. The molecule has 1 aliphatic carbocycles. The maximum atomic E-state index is 12.2. The van der Waals surface area contributed by atoms with Crippen molar-refractivity contribution in [2.24, 2.45) is 0 Å². The van der Waals surface area contributed by atoms with Crippen molar-refractivity contribution in [1.29, 1.82) is 0 Å². The Morgan fingerprint density at radius 3 is 2.95 bits per heavy atom. The molecule has 2 N–H and O–H groups in total. The second kappa shape index (κ2) is 6.04. The third-order valence-corrected chi connectivity index (χ3v) is 5.64. The van der Waals surface area contributed by atoms with Gasteiger partial charge in [0.1, 0.15) is 12.0 Å². The molecular formula is C13H21N3O4S. The standard InChI is InChI=1S/C13H21N3O4S/c17-11-4-6-16(8-11)13-3-1-2-12(13)15-21(18,19)9-10-5-7-20-14-10/h5,7,11-13,15,17H,1-4,6,8-9H2/t11?,12-,13+/m1/s1. The van der Waals surface area contributed by atoms with Crippen LogP contribution in [-0.4, -0.2) is 54.9 Å². The van der Waals surface area contributed by atoms with E-state index in [1.54, 1.807) is 6.07 Å². The van der Waals surface area contributed by atoms with Crippen molar-refractivity contribution in [3.05, 3.63) is 18.0 Å². The van der Waals surface area contributed by atoms with Gasteiger partial charge in [-0.2, -0.15) is 0 Å². The summed E-state index contributed by atoms with van der Waals surface area (Å²) >= 11 is 0. The van der Waals surface area contributed by atoms with Gasteiger partial charge in [-0.05, 0) is 19.3 Å². The molecule has 1 saturated carbocycles. The van der Waals surface area contributed by atoms with Crippen molar-refractivity contribution < 1.29 is 18.0 Å². The molecule has 2 aliphatic rings. The van der Waals surface area contributed by atoms with Gasteiger partial charge in [-0.1, -0.05) is 11.6 Å². The van der Waals surface area contributed by atoms with Crippen LogP contribution in [0.4, 0.5) is 0 Å². The molecule has 0 bridgehead atoms. The molecule has 0 aromatic carbocycles. The molecule has 118 valence electrons. The molecule has 3 atom stereocenters. The van der Waals surface area contributed by atoms with E-state index in [-0.39, 0.29) is 23.9 Å². The Labute approximate surface area is 124 Å². The van der Waals surface area contributed by atoms with E-state index in [0.29, 0.717) is 12.2 Å². The number of aromatic nitrogens is 1. The number of rotatable bonds is 5. The Morgan fingerprint density at radius 1 is 1.43 bits per heavy atom. The number of nitrogens with one attached hydrogen (secondary N) is 1. The molecule has 0 spiro atoms. The zero-order valence-electron chi connectivity index (χ0n) is 11.8. The van der Waals surface area contributed by atoms with Crippen LogP contribution in [-0.2, 0) is 15.8 Å². The summed E-state index contributed by atoms with van der Waals surface area (Å²) in [6.45, 7) is 1.49. The highest BCUT2D eigenvalue weighted by atomic mass is 32.2. The highest BCUT2D eigenvalue weighted by Crippen LogP contribution is 2.28. The van der Waals surface area contributed by atoms with Gasteiger partial charge >= 0.3 is 0 Å². The number of β-amino-alcohol motifs (C(OH)–C–C–N with tert-alkyl or cyclic N) is 1. The zero-order valence-corrected chi connectivity index (χ0v) is 12.6. The van der Waals surface area contributed by atoms with E-state index in [2.05, 4.69) is 19.3 Å². The summed E-state index contributed by atoms with van der Waals surface area (Å²) in [4.78, 5) is 2.21. The summed E-state index contributed by atoms with van der Waals surface area (Å²) in [5.74, 6) is -0.157. The predicted molar refractivity (Wildman–Crippen MR) is 75.9 cm³/mol. The first-order valence-corrected chi connectivity index (χ1v) is 9.00. The molecule has 8 heteroatoms. The van der Waals surface area contributed by atoms with Crippen molar-refractivity contribution in [3.63, 3.8) is 0 Å². The normalized spacial score (nSPS) is 31.0. The van der Waals surface area contributed by atoms with Crippen LogP contribution in [0.15, 0.2) is 16.9 Å². The van der Waals surface area contributed by atoms with Crippen LogP contribution < -0.4 is 4.72 Å². The average molecular weight is 315 g/mol. The fourth-order valence-electron chi connectivity index (χ4n) is 3.36. The number of aliphatic hydroxyl groups excluding tert-OH is 1. The second-order valence-electron chi connectivity index (χ2n) is 5.91. The first-order chi connectivity index (χ1) is 10.0. The largest absolute Gasteiger partial charge is 0.392 e. The van der Waals surface area contributed by atoms with Crippen LogP contribution >= 0.6 is 0 Å². The lowest BCUT2D eigenvalue weighted by molar-refractivity contribution is 0.153. The minimum atomic E-state index is -3.43. The molecule has 1 saturated heterocycles. The number of hydrogen-bond acceptors (Lipinski definition) is 6. The summed E-state index contributed by atoms with van der Waals surface area (Å²) in [5, 5.41) is 13.3. The molecule has 2 fully saturated rings. The fraction of sp³-hybridized carbons (Fsp3) is 0.769. The Kier molecular flexibility index (Phi) is 4.30. The van der Waals surface area contributed by atoms with E-state index in [1.165, 1.54) is 6.26 Å². The zero-order chi connectivity index (χ0) is 14.9. The molecular weight excluding hydrogens is 294 g/mol. The Morgan fingerprint density at radius 2 is 2.29 bits per heavy atom. The maximum Gasteiger partial charge on any atom is 0.217 e. The van der Waals surface area contributed by atoms with Crippen LogP contribution in [0, 0.1) is 0 Å². The summed E-state index contributed by atoms with van der Waals surface area (Å²) in [6.07, 6.45) is 4.69. The fourth-order valence-corrected chi connectivity index (χ4v) is 4.72. The molecule has 1 aliphatic heterocycles. The number of hydrogen-bond donors (Lipinski definition) is 2. The van der Waals surface area contributed by atoms with Crippen LogP contribution in [0.5, 0.6) is 0 Å². The van der Waals surface area contributed by atoms with Gasteiger partial charge < -0.3 is 9.63 Å². The minimum Gasteiger partial charge on any atom is -0.392 e. The van der Waals surface area contributed by atoms with Crippen LogP contribution in [0.2, 0.25) is 0 Å². The lowest BCUT2D eigenvalue weighted by atomic mass is 10.1. The quantitative estimate of drug-likeness (QED) is 0.799. The molecule has 0 radical (unpaired) electrons. The molecule has 1 unspecified atom stereocenters. The van der Waals surface area contributed by atoms with E-state index in [0.717, 1.165) is 32.2 Å². The van der Waals surface area contributed by atoms with Crippen molar-refractivity contribution in [2.75, 3.05) is 13.1 Å². The molecule has 0 amide bonds. The topological polar surface area (TPSA) is 95.7 Å². The Balaban J connectivity index is 1.63. The third kappa shape index (κ3) is 3.63. The minimum absolute atomic E-state index is 0.0767. The van der Waals surface area contributed by atoms with Gasteiger partial charge in [0.15, 0.2) is 0 Å². The molecule has 2 heterocycles. The molecule has 1 aromatic rings. The number of aliphatic hydroxyl groups is 1. The Hall–Kier alpha value is -0.960. The summed E-state index contributed by atoms with van der Waals surface area (Å²) < 4.78 is 31.9. The molecule has 21 heavy (non-hydrogen) atoms. The van der Waals surface area contributed by atoms with Crippen molar-refractivity contribution in [2.45, 2.75) is 49.6 Å². The number of sulfonamides is 1. The third-order valence-electron chi connectivity index (χ3n) is 4.30. The second-order valence-corrected chi connectivity index (χ2v) is 7.66. The summed E-state index contributed by atoms with van der Waals surface area (Å²) in [6, 6.07) is 1.67. The van der Waals surface area contributed by atoms with Crippen LogP contribution in [0.25, 0.3) is 0 Å². The van der Waals surface area contributed by atoms with Crippen molar-refractivity contribution >= 4 is 10.0 Å². The lowest BCUT2D eigenvalue weighted by Gasteiger charge is -2.29. The number of nitrogens with zero attached hydrogens (tertiary/aromatic N) is 2. The molecule has 3 rings (SSSR count). The highest BCUT2D eigenvalue weighted by Gasteiger charge is 2.37. The molecule has 7 nitrogen and oxygen atoms in total. The van der Waals surface area contributed by atoms with Crippen LogP contribution in [0.1, 0.15) is 31.4 Å². The van der Waals surface area contributed by atoms with E-state index in [9.17, 15) is 13.5 Å². The molecule has 1 aromatic heterocycles. The number of likely N-dealkylation sites (tertiary alicyclic amines) is 1. The van der Waals surface area contributed by atoms with Crippen LogP contribution in [0.3, 0.4) is 0 Å². The van der Waals surface area contributed by atoms with Crippen molar-refractivity contribution in [1.82, 2.24) is 14.8 Å². The van der Waals surface area contributed by atoms with E-state index < -0.39 is 10.0 Å². The van der Waals surface area contributed by atoms with Gasteiger partial charge in [-0.15, -0.1) is 0 Å². The van der Waals surface area contributed by atoms with Gasteiger partial charge in [0.25, 0.3) is 0 Å². The lowest BCUT2D eigenvalue weighted by Crippen LogP contribution is -2.48. The van der Waals surface area contributed by atoms with E-state index in [1.807, 2.05) is 0 Å². The highest BCUT2D eigenvalue weighted by molar-refractivity contribution is 7.88. The van der Waals surface area contributed by atoms with Gasteiger partial charge in [0.05, 0.1) is 11.8 Å². The first-order valence-electron chi connectivity index (χ1n) is 7.35. The van der Waals surface area contributed by atoms with Gasteiger partial charge in [-0.3, -0.25) is 4.90 Å². The first kappa shape index (κ1) is 15.0. The van der Waals surface area contributed by atoms with Gasteiger partial charge in [-0.25, -0.2) is 13.1 Å². The van der Waals surface area contributed by atoms with Crippen molar-refractivity contribution in [3.8, 4) is 0 Å². The van der Waals surface area contributed by atoms with E-state index >= 15 is 0 Å². The predicted octanol–water partition coefficient (Wildman–Crippen LogP) is 0.0817. The van der Waals surface area contributed by atoms with Gasteiger partial charge in [0.2, 0.25) is 10.0 Å². The summed E-state index contributed by atoms with van der Waals surface area (Å²) in [7, 11) is -3.43. The van der Waals surface area contributed by atoms with E-state index in [4.69, 9.17) is 0 Å². The SMILES string of the molecule is O=S(=O)(Cc1ccon1)N[C@@H]1CCC[C@@H]1N1CCC(O)C1. The van der Waals surface area contributed by atoms with Gasteiger partial charge in [0, 0.05) is 31.2 Å². The smallest absolute Gasteiger partial charge is 0.217 e. The summed E-state index contributed by atoms with van der Waals surface area (Å²) in [5.41, 5.74) is 0.411. The maximum absolute atomic E-state index is 12.2. The Bertz CT molecular complexity index is 560. The monoisotopic (exact) mass is 315 g/mol.